The molecule has 0 spiro atoms. The first kappa shape index (κ1) is 11.9. The molecule has 1 saturated carbocycles. The molecule has 3 N–H and O–H groups in total. The average molecular weight is 260 g/mol. The van der Waals surface area contributed by atoms with Gasteiger partial charge in [0.25, 0.3) is 11.5 Å². The number of hydrogen-bond donors (Lipinski definition) is 2. The number of benzene rings is 1. The van der Waals surface area contributed by atoms with E-state index in [-0.39, 0.29) is 11.5 Å². The lowest BCUT2D eigenvalue weighted by Crippen LogP contribution is -2.24. The zero-order chi connectivity index (χ0) is 13.6. The molecule has 19 heavy (non-hydrogen) atoms. The highest BCUT2D eigenvalue weighted by molar-refractivity contribution is 5.96. The topological polar surface area (TPSA) is 76.0 Å². The molecular formula is C14H13FN2O2. The number of carbonyl (C=O) groups excluding carboxylic acids is 1. The van der Waals surface area contributed by atoms with Crippen molar-refractivity contribution in [3.8, 4) is 0 Å². The van der Waals surface area contributed by atoms with Crippen molar-refractivity contribution in [2.45, 2.75) is 24.9 Å². The Labute approximate surface area is 108 Å². The van der Waals surface area contributed by atoms with Gasteiger partial charge in [-0.3, -0.25) is 9.59 Å². The summed E-state index contributed by atoms with van der Waals surface area (Å²) in [4.78, 5) is 25.4. The fourth-order valence-corrected chi connectivity index (χ4v) is 2.48. The molecular weight excluding hydrogens is 247 g/mol. The second-order valence-electron chi connectivity index (χ2n) is 4.99. The van der Waals surface area contributed by atoms with Crippen LogP contribution in [0.2, 0.25) is 0 Å². The minimum Gasteiger partial charge on any atom is -0.365 e. The normalized spacial score (nSPS) is 22.2. The maximum atomic E-state index is 12.9. The molecule has 0 saturated heterocycles. The molecule has 98 valence electrons. The van der Waals surface area contributed by atoms with Crippen LogP contribution in [0.25, 0.3) is 10.9 Å². The van der Waals surface area contributed by atoms with E-state index < -0.39 is 17.6 Å². The Morgan fingerprint density at radius 3 is 2.68 bits per heavy atom. The maximum Gasteiger partial charge on any atom is 0.261 e. The minimum absolute atomic E-state index is 0.0484. The number of aromatic amines is 1. The summed E-state index contributed by atoms with van der Waals surface area (Å²) in [7, 11) is 0. The van der Waals surface area contributed by atoms with Crippen LogP contribution in [0.1, 0.15) is 34.7 Å². The Balaban J connectivity index is 2.07. The van der Waals surface area contributed by atoms with E-state index in [0.717, 1.165) is 10.9 Å². The lowest BCUT2D eigenvalue weighted by molar-refractivity contribution is 0.0999. The van der Waals surface area contributed by atoms with Crippen molar-refractivity contribution in [3.63, 3.8) is 0 Å². The second-order valence-corrected chi connectivity index (χ2v) is 4.99. The Bertz CT molecular complexity index is 717. The van der Waals surface area contributed by atoms with Gasteiger partial charge in [0.1, 0.15) is 11.7 Å². The number of aromatic nitrogens is 1. The maximum absolute atomic E-state index is 12.9. The zero-order valence-electron chi connectivity index (χ0n) is 10.2. The van der Waals surface area contributed by atoms with Crippen molar-refractivity contribution < 1.29 is 9.18 Å². The van der Waals surface area contributed by atoms with Gasteiger partial charge < -0.3 is 10.7 Å². The molecule has 1 aliphatic rings. The van der Waals surface area contributed by atoms with Crippen molar-refractivity contribution in [2.24, 2.45) is 5.73 Å². The number of pyridine rings is 1. The molecule has 0 atom stereocenters. The predicted molar refractivity (Wildman–Crippen MR) is 70.0 cm³/mol. The summed E-state index contributed by atoms with van der Waals surface area (Å²) in [6.07, 6.45) is 0.363. The number of fused-ring (bicyclic) bond motifs is 1. The number of hydrogen-bond acceptors (Lipinski definition) is 2. The molecule has 1 amide bonds. The highest BCUT2D eigenvalue weighted by Crippen LogP contribution is 2.39. The van der Waals surface area contributed by atoms with Gasteiger partial charge in [0, 0.05) is 5.52 Å². The molecule has 0 radical (unpaired) electrons. The summed E-state index contributed by atoms with van der Waals surface area (Å²) in [5, 5.41) is 0.744. The first-order chi connectivity index (χ1) is 9.04. The van der Waals surface area contributed by atoms with Crippen LogP contribution in [0.4, 0.5) is 4.39 Å². The molecule has 1 aromatic carbocycles. The van der Waals surface area contributed by atoms with E-state index in [1.807, 2.05) is 18.2 Å². The number of halogens is 1. The highest BCUT2D eigenvalue weighted by Gasteiger charge is 2.30. The molecule has 1 heterocycles. The zero-order valence-corrected chi connectivity index (χ0v) is 10.2. The molecule has 1 aromatic heterocycles. The summed E-state index contributed by atoms with van der Waals surface area (Å²) >= 11 is 0. The van der Waals surface area contributed by atoms with Gasteiger partial charge in [0.2, 0.25) is 0 Å². The van der Waals surface area contributed by atoms with E-state index in [2.05, 4.69) is 4.98 Å². The monoisotopic (exact) mass is 260 g/mol. The van der Waals surface area contributed by atoms with Crippen LogP contribution in [-0.4, -0.2) is 17.1 Å². The van der Waals surface area contributed by atoms with Crippen molar-refractivity contribution in [1.29, 1.82) is 0 Å². The highest BCUT2D eigenvalue weighted by atomic mass is 19.1. The average Bonchev–Trinajstić information content (AvgIpc) is 2.33. The molecule has 1 fully saturated rings. The molecule has 3 rings (SSSR count). The largest absolute Gasteiger partial charge is 0.365 e. The van der Waals surface area contributed by atoms with Crippen LogP contribution in [-0.2, 0) is 0 Å². The van der Waals surface area contributed by atoms with Crippen LogP contribution in [0.3, 0.4) is 0 Å². The Kier molecular flexibility index (Phi) is 2.62. The lowest BCUT2D eigenvalue weighted by atomic mass is 9.78. The number of carbonyl (C=O) groups is 1. The SMILES string of the molecule is NC(=O)c1cc2ccc(C3CC(F)C3)cc2[nH]c1=O. The number of amides is 1. The Morgan fingerprint density at radius 1 is 1.32 bits per heavy atom. The van der Waals surface area contributed by atoms with Crippen molar-refractivity contribution in [1.82, 2.24) is 4.98 Å². The quantitative estimate of drug-likeness (QED) is 0.864. The molecule has 0 bridgehead atoms. The van der Waals surface area contributed by atoms with Crippen molar-refractivity contribution in [3.05, 3.63) is 45.7 Å². The number of alkyl halides is 1. The van der Waals surface area contributed by atoms with E-state index in [1.165, 1.54) is 6.07 Å². The number of nitrogens with two attached hydrogens (primary N) is 1. The predicted octanol–water partition coefficient (Wildman–Crippen LogP) is 1.84. The summed E-state index contributed by atoms with van der Waals surface area (Å²) < 4.78 is 12.9. The summed E-state index contributed by atoms with van der Waals surface area (Å²) in [6, 6.07) is 7.05. The van der Waals surface area contributed by atoms with E-state index in [1.54, 1.807) is 0 Å². The van der Waals surface area contributed by atoms with E-state index in [4.69, 9.17) is 5.73 Å². The van der Waals surface area contributed by atoms with Crippen LogP contribution in [0.15, 0.2) is 29.1 Å². The fraction of sp³-hybridized carbons (Fsp3) is 0.286. The van der Waals surface area contributed by atoms with Gasteiger partial charge in [-0.05, 0) is 41.8 Å². The number of rotatable bonds is 2. The molecule has 5 heteroatoms. The lowest BCUT2D eigenvalue weighted by Gasteiger charge is -2.30. The van der Waals surface area contributed by atoms with Gasteiger partial charge in [-0.2, -0.15) is 0 Å². The number of nitrogens with one attached hydrogen (secondary N) is 1. The van der Waals surface area contributed by atoms with E-state index >= 15 is 0 Å². The van der Waals surface area contributed by atoms with Crippen LogP contribution in [0.5, 0.6) is 0 Å². The first-order valence-corrected chi connectivity index (χ1v) is 6.15. The minimum atomic E-state index is -0.744. The van der Waals surface area contributed by atoms with Gasteiger partial charge in [0.05, 0.1) is 0 Å². The molecule has 4 nitrogen and oxygen atoms in total. The van der Waals surface area contributed by atoms with Crippen molar-refractivity contribution in [2.75, 3.05) is 0 Å². The first-order valence-electron chi connectivity index (χ1n) is 6.15. The molecule has 0 unspecified atom stereocenters. The van der Waals surface area contributed by atoms with E-state index in [9.17, 15) is 14.0 Å². The Hall–Kier alpha value is -2.17. The van der Waals surface area contributed by atoms with Gasteiger partial charge in [-0.1, -0.05) is 12.1 Å². The summed E-state index contributed by atoms with van der Waals surface area (Å²) in [5.74, 6) is -0.523. The third kappa shape index (κ3) is 2.01. The second kappa shape index (κ2) is 4.19. The van der Waals surface area contributed by atoms with Gasteiger partial charge >= 0.3 is 0 Å². The fourth-order valence-electron chi connectivity index (χ4n) is 2.48. The number of H-pyrrole nitrogens is 1. The summed E-state index contributed by atoms with van der Waals surface area (Å²) in [6.45, 7) is 0. The van der Waals surface area contributed by atoms with Crippen LogP contribution in [0, 0.1) is 0 Å². The van der Waals surface area contributed by atoms with Gasteiger partial charge in [-0.25, -0.2) is 4.39 Å². The van der Waals surface area contributed by atoms with E-state index in [0.29, 0.717) is 18.4 Å². The number of primary amides is 1. The van der Waals surface area contributed by atoms with Crippen LogP contribution >= 0.6 is 0 Å². The van der Waals surface area contributed by atoms with Crippen LogP contribution < -0.4 is 11.3 Å². The Morgan fingerprint density at radius 2 is 2.05 bits per heavy atom. The third-order valence-electron chi connectivity index (χ3n) is 3.69. The third-order valence-corrected chi connectivity index (χ3v) is 3.69. The van der Waals surface area contributed by atoms with Crippen molar-refractivity contribution >= 4 is 16.8 Å². The molecule has 1 aliphatic carbocycles. The molecule has 0 aliphatic heterocycles. The summed E-state index contributed by atoms with van der Waals surface area (Å²) in [5.41, 5.74) is 6.25. The molecule has 2 aromatic rings. The van der Waals surface area contributed by atoms with Gasteiger partial charge in [0.15, 0.2) is 0 Å². The standard InChI is InChI=1S/C14H13FN2O2/c15-10-3-9(4-10)7-1-2-8-5-11(13(16)18)14(19)17-12(8)6-7/h1-2,5-6,9-10H,3-4H2,(H2,16,18)(H,17,19). The van der Waals surface area contributed by atoms with Gasteiger partial charge in [-0.15, -0.1) is 0 Å². The smallest absolute Gasteiger partial charge is 0.261 e.